The van der Waals surface area contributed by atoms with Crippen LogP contribution in [0.25, 0.3) is 0 Å². The minimum Gasteiger partial charge on any atom is -0.394 e. The molecule has 17 heteroatoms. The second-order valence-electron chi connectivity index (χ2n) is 21.8. The van der Waals surface area contributed by atoms with Crippen molar-refractivity contribution >= 4 is 11.8 Å². The largest absolute Gasteiger partial charge is 0.394 e. The highest BCUT2D eigenvalue weighted by Gasteiger charge is 2.51. The Labute approximate surface area is 446 Å². The second kappa shape index (κ2) is 43.3. The fraction of sp³-hybridized carbons (Fsp3) is 0.965. The van der Waals surface area contributed by atoms with Crippen LogP contribution in [0.1, 0.15) is 245 Å². The van der Waals surface area contributed by atoms with Crippen LogP contribution in [0, 0.1) is 0 Å². The molecule has 0 aromatic carbocycles. The summed E-state index contributed by atoms with van der Waals surface area (Å²) in [5.74, 6) is -1.37. The SMILES string of the molecule is CCCCCCCCCCCCCCCCCCCCCC(O)C(=O)NC(COC1OC(CO)C(OC2OC(CO)C(O)C(O)C2NC(C)=O)C(O)C1O)C(O)C(O)CCCCCCCCCCCCCCCC. The third kappa shape index (κ3) is 28.9. The number of ether oxygens (including phenoxy) is 4. The summed E-state index contributed by atoms with van der Waals surface area (Å²) < 4.78 is 23.2. The summed E-state index contributed by atoms with van der Waals surface area (Å²) in [6.07, 6.45) is 21.5. The van der Waals surface area contributed by atoms with E-state index in [-0.39, 0.29) is 12.8 Å². The lowest BCUT2D eigenvalue weighted by Crippen LogP contribution is -2.67. The molecule has 0 saturated carbocycles. The van der Waals surface area contributed by atoms with Gasteiger partial charge in [-0.15, -0.1) is 0 Å². The fourth-order valence-electron chi connectivity index (χ4n) is 10.3. The lowest BCUT2D eigenvalue weighted by Gasteiger charge is -2.47. The molecule has 2 heterocycles. The van der Waals surface area contributed by atoms with Gasteiger partial charge in [0.1, 0.15) is 61.0 Å². The van der Waals surface area contributed by atoms with Gasteiger partial charge in [0.15, 0.2) is 12.6 Å². The first-order valence-corrected chi connectivity index (χ1v) is 29.9. The third-order valence-electron chi connectivity index (χ3n) is 15.2. The van der Waals surface area contributed by atoms with Crippen molar-refractivity contribution in [1.82, 2.24) is 10.6 Å². The Balaban J connectivity index is 1.90. The molecule has 11 N–H and O–H groups in total. The average Bonchev–Trinajstić information content (AvgIpc) is 3.39. The predicted molar refractivity (Wildman–Crippen MR) is 287 cm³/mol. The standard InChI is InChI=1S/C57H110N2O15/c1-4-6-8-10-12-14-16-18-20-21-22-23-24-26-28-30-32-34-36-38-45(64)55(70)59-43(49(65)44(63)37-35-33-31-29-27-25-19-17-15-13-11-9-7-5-2)41-71-57-53(69)52(68)54(47(40-61)73-57)74-56-48(58-42(3)62)51(67)50(66)46(39-60)72-56/h43-54,56-57,60-61,63-69H,4-41H2,1-3H3,(H,58,62)(H,59,70). The van der Waals surface area contributed by atoms with Gasteiger partial charge in [-0.05, 0) is 12.8 Å². The van der Waals surface area contributed by atoms with Gasteiger partial charge in [0, 0.05) is 6.92 Å². The molecule has 0 bridgehead atoms. The van der Waals surface area contributed by atoms with Crippen molar-refractivity contribution < 1.29 is 74.5 Å². The summed E-state index contributed by atoms with van der Waals surface area (Å²) in [4.78, 5) is 25.4. The van der Waals surface area contributed by atoms with Gasteiger partial charge in [-0.25, -0.2) is 0 Å². The summed E-state index contributed by atoms with van der Waals surface area (Å²) in [6, 6.07) is -2.67. The van der Waals surface area contributed by atoms with Gasteiger partial charge in [0.05, 0.1) is 32.0 Å². The molecule has 2 fully saturated rings. The highest BCUT2D eigenvalue weighted by Crippen LogP contribution is 2.30. The number of hydrogen-bond donors (Lipinski definition) is 11. The van der Waals surface area contributed by atoms with Crippen molar-refractivity contribution in [2.24, 2.45) is 0 Å². The van der Waals surface area contributed by atoms with Crippen LogP contribution in [-0.2, 0) is 28.5 Å². The minimum atomic E-state index is -1.86. The summed E-state index contributed by atoms with van der Waals surface area (Å²) in [5.41, 5.74) is 0. The Hall–Kier alpha value is -1.58. The Morgan fingerprint density at radius 3 is 1.30 bits per heavy atom. The maximum absolute atomic E-state index is 13.4. The molecule has 0 radical (unpaired) electrons. The van der Waals surface area contributed by atoms with E-state index in [9.17, 15) is 55.5 Å². The van der Waals surface area contributed by atoms with Crippen LogP contribution in [-0.4, -0.2) is 163 Å². The number of rotatable bonds is 47. The molecule has 14 unspecified atom stereocenters. The van der Waals surface area contributed by atoms with Gasteiger partial charge in [-0.3, -0.25) is 9.59 Å². The molecule has 74 heavy (non-hydrogen) atoms. The van der Waals surface area contributed by atoms with Crippen LogP contribution in [0.2, 0.25) is 0 Å². The smallest absolute Gasteiger partial charge is 0.249 e. The molecule has 0 aliphatic carbocycles. The number of carbonyl (C=O) groups excluding carboxylic acids is 2. The molecule has 0 aromatic heterocycles. The first kappa shape index (κ1) is 68.5. The molecule has 17 nitrogen and oxygen atoms in total. The Morgan fingerprint density at radius 1 is 0.500 bits per heavy atom. The monoisotopic (exact) mass is 1060 g/mol. The van der Waals surface area contributed by atoms with E-state index in [0.29, 0.717) is 12.8 Å². The second-order valence-corrected chi connectivity index (χ2v) is 21.8. The van der Waals surface area contributed by atoms with Crippen molar-refractivity contribution in [1.29, 1.82) is 0 Å². The highest BCUT2D eigenvalue weighted by atomic mass is 16.7. The molecule has 2 rings (SSSR count). The van der Waals surface area contributed by atoms with E-state index >= 15 is 0 Å². The van der Waals surface area contributed by atoms with E-state index in [1.165, 1.54) is 154 Å². The zero-order valence-electron chi connectivity index (χ0n) is 46.4. The first-order valence-electron chi connectivity index (χ1n) is 29.9. The molecule has 14 atom stereocenters. The van der Waals surface area contributed by atoms with Crippen LogP contribution >= 0.6 is 0 Å². The van der Waals surface area contributed by atoms with E-state index in [1.54, 1.807) is 0 Å². The lowest BCUT2D eigenvalue weighted by molar-refractivity contribution is -0.347. The van der Waals surface area contributed by atoms with E-state index in [2.05, 4.69) is 24.5 Å². The lowest BCUT2D eigenvalue weighted by atomic mass is 9.95. The molecule has 0 spiro atoms. The zero-order chi connectivity index (χ0) is 54.4. The Morgan fingerprint density at radius 2 is 0.892 bits per heavy atom. The van der Waals surface area contributed by atoms with E-state index in [4.69, 9.17) is 18.9 Å². The van der Waals surface area contributed by atoms with Crippen LogP contribution in [0.3, 0.4) is 0 Å². The summed E-state index contributed by atoms with van der Waals surface area (Å²) in [6.45, 7) is 3.60. The zero-order valence-corrected chi connectivity index (χ0v) is 46.4. The van der Waals surface area contributed by atoms with Gasteiger partial charge < -0.3 is 75.5 Å². The number of amides is 2. The highest BCUT2D eigenvalue weighted by molar-refractivity contribution is 5.80. The fourth-order valence-corrected chi connectivity index (χ4v) is 10.3. The number of hydrogen-bond acceptors (Lipinski definition) is 15. The van der Waals surface area contributed by atoms with Crippen LogP contribution in [0.4, 0.5) is 0 Å². The summed E-state index contributed by atoms with van der Waals surface area (Å²) in [7, 11) is 0. The van der Waals surface area contributed by atoms with Gasteiger partial charge in [-0.1, -0.05) is 226 Å². The van der Waals surface area contributed by atoms with Crippen molar-refractivity contribution in [3.8, 4) is 0 Å². The topological polar surface area (TPSA) is 277 Å². The summed E-state index contributed by atoms with van der Waals surface area (Å²) in [5, 5.41) is 102. The molecule has 0 aromatic rings. The number of aliphatic hydroxyl groups excluding tert-OH is 9. The van der Waals surface area contributed by atoms with Crippen molar-refractivity contribution in [3.63, 3.8) is 0 Å². The predicted octanol–water partition coefficient (Wildman–Crippen LogP) is 7.03. The third-order valence-corrected chi connectivity index (χ3v) is 15.2. The average molecular weight is 1060 g/mol. The number of aliphatic hydroxyl groups is 9. The molecule has 2 saturated heterocycles. The maximum atomic E-state index is 13.4. The van der Waals surface area contributed by atoms with Gasteiger partial charge in [0.25, 0.3) is 0 Å². The van der Waals surface area contributed by atoms with Crippen molar-refractivity contribution in [3.05, 3.63) is 0 Å². The summed E-state index contributed by atoms with van der Waals surface area (Å²) >= 11 is 0. The Kier molecular flexibility index (Phi) is 40.1. The Bertz CT molecular complexity index is 1350. The van der Waals surface area contributed by atoms with Crippen LogP contribution in [0.5, 0.6) is 0 Å². The van der Waals surface area contributed by atoms with E-state index < -0.39 is 117 Å². The molecular formula is C57H110N2O15. The normalized spacial score (nSPS) is 25.9. The number of carbonyl (C=O) groups is 2. The van der Waals surface area contributed by atoms with Crippen LogP contribution in [0.15, 0.2) is 0 Å². The van der Waals surface area contributed by atoms with E-state index in [0.717, 1.165) is 51.9 Å². The molecule has 2 aliphatic rings. The van der Waals surface area contributed by atoms with Crippen molar-refractivity contribution in [2.45, 2.75) is 331 Å². The maximum Gasteiger partial charge on any atom is 0.249 e. The molecular weight excluding hydrogens is 953 g/mol. The van der Waals surface area contributed by atoms with Gasteiger partial charge in [0.2, 0.25) is 11.8 Å². The number of nitrogens with one attached hydrogen (secondary N) is 2. The quantitative estimate of drug-likeness (QED) is 0.0273. The molecule has 2 aliphatic heterocycles. The van der Waals surface area contributed by atoms with Crippen LogP contribution < -0.4 is 10.6 Å². The molecule has 438 valence electrons. The van der Waals surface area contributed by atoms with Gasteiger partial charge >= 0.3 is 0 Å². The van der Waals surface area contributed by atoms with E-state index in [1.807, 2.05) is 0 Å². The molecule has 2 amide bonds. The first-order chi connectivity index (χ1) is 35.8. The van der Waals surface area contributed by atoms with Gasteiger partial charge in [-0.2, -0.15) is 0 Å². The van der Waals surface area contributed by atoms with Crippen molar-refractivity contribution in [2.75, 3.05) is 19.8 Å². The number of unbranched alkanes of at least 4 members (excludes halogenated alkanes) is 31. The minimum absolute atomic E-state index is 0.203.